The van der Waals surface area contributed by atoms with Crippen molar-refractivity contribution in [1.29, 1.82) is 0 Å². The normalized spacial score (nSPS) is 13.9. The molecule has 1 aliphatic heterocycles. The zero-order chi connectivity index (χ0) is 14.1. The van der Waals surface area contributed by atoms with Crippen LogP contribution in [0.5, 0.6) is 0 Å². The van der Waals surface area contributed by atoms with Crippen LogP contribution < -0.4 is 16.4 Å². The van der Waals surface area contributed by atoms with Gasteiger partial charge in [0.25, 0.3) is 0 Å². The highest BCUT2D eigenvalue weighted by molar-refractivity contribution is 5.92. The molecular weight excluding hydrogens is 252 g/mol. The third kappa shape index (κ3) is 2.30. The first-order valence-corrected chi connectivity index (χ1v) is 6.51. The number of amides is 1. The van der Waals surface area contributed by atoms with Crippen LogP contribution in [0.15, 0.2) is 36.5 Å². The van der Waals surface area contributed by atoms with E-state index >= 15 is 0 Å². The van der Waals surface area contributed by atoms with Gasteiger partial charge in [-0.15, -0.1) is 0 Å². The first-order valence-electron chi connectivity index (χ1n) is 6.51. The number of nitrogens with zero attached hydrogens (tertiary/aromatic N) is 2. The van der Waals surface area contributed by atoms with E-state index in [2.05, 4.69) is 16.0 Å². The van der Waals surface area contributed by atoms with Crippen LogP contribution in [0.2, 0.25) is 0 Å². The summed E-state index contributed by atoms with van der Waals surface area (Å²) >= 11 is 0. The van der Waals surface area contributed by atoms with Crippen LogP contribution >= 0.6 is 0 Å². The molecule has 20 heavy (non-hydrogen) atoms. The lowest BCUT2D eigenvalue weighted by molar-refractivity contribution is 0.1000. The number of primary amides is 1. The number of nitrogens with two attached hydrogens (primary N) is 2. The minimum absolute atomic E-state index is 0.426. The number of carbonyl (C=O) groups is 1. The van der Waals surface area contributed by atoms with Gasteiger partial charge in [0.1, 0.15) is 5.82 Å². The van der Waals surface area contributed by atoms with Crippen molar-refractivity contribution in [1.82, 2.24) is 4.98 Å². The third-order valence-electron chi connectivity index (χ3n) is 3.60. The number of hydrogen-bond acceptors (Lipinski definition) is 4. The summed E-state index contributed by atoms with van der Waals surface area (Å²) in [5, 5.41) is 0. The second-order valence-electron chi connectivity index (χ2n) is 4.97. The Labute approximate surface area is 117 Å². The predicted molar refractivity (Wildman–Crippen MR) is 78.4 cm³/mol. The first-order chi connectivity index (χ1) is 9.63. The van der Waals surface area contributed by atoms with E-state index in [4.69, 9.17) is 11.5 Å². The molecule has 0 unspecified atom stereocenters. The molecule has 0 bridgehead atoms. The summed E-state index contributed by atoms with van der Waals surface area (Å²) in [5.41, 5.74) is 14.8. The number of aromatic nitrogens is 1. The summed E-state index contributed by atoms with van der Waals surface area (Å²) in [5.74, 6) is 0.392. The summed E-state index contributed by atoms with van der Waals surface area (Å²) in [7, 11) is 0. The molecular formula is C15H16N4O. The Morgan fingerprint density at radius 3 is 2.75 bits per heavy atom. The molecule has 0 aliphatic carbocycles. The summed E-state index contributed by atoms with van der Waals surface area (Å²) in [6, 6.07) is 9.58. The maximum atomic E-state index is 11.0. The highest BCUT2D eigenvalue weighted by atomic mass is 16.1. The topological polar surface area (TPSA) is 85.2 Å². The molecule has 0 radical (unpaired) electrons. The van der Waals surface area contributed by atoms with Gasteiger partial charge in [0.2, 0.25) is 5.91 Å². The van der Waals surface area contributed by atoms with Gasteiger partial charge in [0, 0.05) is 25.0 Å². The van der Waals surface area contributed by atoms with E-state index in [1.165, 1.54) is 17.3 Å². The van der Waals surface area contributed by atoms with Crippen molar-refractivity contribution in [3.8, 4) is 0 Å². The molecule has 1 aromatic heterocycles. The second kappa shape index (κ2) is 4.85. The fraction of sp³-hybridized carbons (Fsp3) is 0.200. The lowest BCUT2D eigenvalue weighted by atomic mass is 9.99. The Balaban J connectivity index is 1.84. The largest absolute Gasteiger partial charge is 0.399 e. The van der Waals surface area contributed by atoms with Crippen LogP contribution in [0.1, 0.15) is 21.5 Å². The highest BCUT2D eigenvalue weighted by Crippen LogP contribution is 2.24. The van der Waals surface area contributed by atoms with Gasteiger partial charge < -0.3 is 16.4 Å². The lowest BCUT2D eigenvalue weighted by Crippen LogP contribution is -2.31. The Morgan fingerprint density at radius 2 is 2.05 bits per heavy atom. The summed E-state index contributed by atoms with van der Waals surface area (Å²) in [4.78, 5) is 17.5. The minimum Gasteiger partial charge on any atom is -0.399 e. The maximum absolute atomic E-state index is 11.0. The molecule has 1 aromatic carbocycles. The first kappa shape index (κ1) is 12.5. The SMILES string of the molecule is NC(=O)c1ccc(N2CCc3ccc(N)cc3C2)nc1. The molecule has 0 atom stereocenters. The van der Waals surface area contributed by atoms with Crippen LogP contribution in [0.25, 0.3) is 0 Å². The van der Waals surface area contributed by atoms with E-state index in [1.807, 2.05) is 18.2 Å². The van der Waals surface area contributed by atoms with Gasteiger partial charge in [0.15, 0.2) is 0 Å². The molecule has 2 heterocycles. The van der Waals surface area contributed by atoms with Crippen molar-refractivity contribution < 1.29 is 4.79 Å². The molecule has 5 heteroatoms. The van der Waals surface area contributed by atoms with Gasteiger partial charge in [-0.3, -0.25) is 4.79 Å². The number of rotatable bonds is 2. The van der Waals surface area contributed by atoms with E-state index in [9.17, 15) is 4.79 Å². The van der Waals surface area contributed by atoms with Crippen molar-refractivity contribution in [3.63, 3.8) is 0 Å². The monoisotopic (exact) mass is 268 g/mol. The lowest BCUT2D eigenvalue weighted by Gasteiger charge is -2.30. The average Bonchev–Trinajstić information content (AvgIpc) is 2.46. The number of benzene rings is 1. The molecule has 3 rings (SSSR count). The van der Waals surface area contributed by atoms with Crippen LogP contribution in [0.3, 0.4) is 0 Å². The zero-order valence-corrected chi connectivity index (χ0v) is 11.0. The van der Waals surface area contributed by atoms with E-state index < -0.39 is 5.91 Å². The Hall–Kier alpha value is -2.56. The molecule has 102 valence electrons. The molecule has 1 aliphatic rings. The number of pyridine rings is 1. The molecule has 0 fully saturated rings. The summed E-state index contributed by atoms with van der Waals surface area (Å²) in [6.45, 7) is 1.68. The number of carbonyl (C=O) groups excluding carboxylic acids is 1. The fourth-order valence-electron chi connectivity index (χ4n) is 2.49. The quantitative estimate of drug-likeness (QED) is 0.804. The van der Waals surface area contributed by atoms with Crippen LogP contribution in [-0.2, 0) is 13.0 Å². The van der Waals surface area contributed by atoms with Crippen molar-refractivity contribution in [2.45, 2.75) is 13.0 Å². The van der Waals surface area contributed by atoms with E-state index in [1.54, 1.807) is 6.07 Å². The third-order valence-corrected chi connectivity index (χ3v) is 3.60. The number of fused-ring (bicyclic) bond motifs is 1. The van der Waals surface area contributed by atoms with Crippen molar-refractivity contribution in [2.75, 3.05) is 17.2 Å². The molecule has 0 saturated carbocycles. The van der Waals surface area contributed by atoms with Gasteiger partial charge in [-0.2, -0.15) is 0 Å². The number of anilines is 2. The second-order valence-corrected chi connectivity index (χ2v) is 4.97. The van der Waals surface area contributed by atoms with Gasteiger partial charge in [0.05, 0.1) is 5.56 Å². The molecule has 4 N–H and O–H groups in total. The maximum Gasteiger partial charge on any atom is 0.250 e. The molecule has 0 spiro atoms. The van der Waals surface area contributed by atoms with E-state index in [0.29, 0.717) is 5.56 Å². The fourth-order valence-corrected chi connectivity index (χ4v) is 2.49. The molecule has 5 nitrogen and oxygen atoms in total. The van der Waals surface area contributed by atoms with Gasteiger partial charge in [-0.25, -0.2) is 4.98 Å². The Bertz CT molecular complexity index is 651. The number of hydrogen-bond donors (Lipinski definition) is 2. The highest BCUT2D eigenvalue weighted by Gasteiger charge is 2.17. The zero-order valence-electron chi connectivity index (χ0n) is 11.0. The van der Waals surface area contributed by atoms with Gasteiger partial charge in [-0.05, 0) is 41.8 Å². The predicted octanol–water partition coefficient (Wildman–Crippen LogP) is 1.33. The van der Waals surface area contributed by atoms with Crippen molar-refractivity contribution in [2.24, 2.45) is 5.73 Å². The summed E-state index contributed by atoms with van der Waals surface area (Å²) in [6.07, 6.45) is 2.49. The van der Waals surface area contributed by atoms with Crippen molar-refractivity contribution >= 4 is 17.4 Å². The smallest absolute Gasteiger partial charge is 0.250 e. The van der Waals surface area contributed by atoms with Gasteiger partial charge in [-0.1, -0.05) is 6.07 Å². The molecule has 0 saturated heterocycles. The van der Waals surface area contributed by atoms with Crippen molar-refractivity contribution in [3.05, 3.63) is 53.2 Å². The molecule has 2 aromatic rings. The standard InChI is InChI=1S/C15H16N4O/c16-13-3-1-10-5-6-19(9-12(10)7-13)14-4-2-11(8-18-14)15(17)20/h1-4,7-8H,5-6,9,16H2,(H2,17,20). The van der Waals surface area contributed by atoms with Crippen LogP contribution in [0, 0.1) is 0 Å². The van der Waals surface area contributed by atoms with Gasteiger partial charge >= 0.3 is 0 Å². The van der Waals surface area contributed by atoms with Crippen LogP contribution in [0.4, 0.5) is 11.5 Å². The van der Waals surface area contributed by atoms with Crippen LogP contribution in [-0.4, -0.2) is 17.4 Å². The summed E-state index contributed by atoms with van der Waals surface area (Å²) < 4.78 is 0. The Morgan fingerprint density at radius 1 is 1.20 bits per heavy atom. The number of nitrogen functional groups attached to an aromatic ring is 1. The Kier molecular flexibility index (Phi) is 3.02. The molecule has 1 amide bonds. The van der Waals surface area contributed by atoms with E-state index in [-0.39, 0.29) is 0 Å². The minimum atomic E-state index is -0.458. The van der Waals surface area contributed by atoms with E-state index in [0.717, 1.165) is 31.0 Å². The average molecular weight is 268 g/mol.